The van der Waals surface area contributed by atoms with Crippen LogP contribution in [-0.4, -0.2) is 17.4 Å². The van der Waals surface area contributed by atoms with Crippen molar-refractivity contribution in [1.29, 1.82) is 0 Å². The van der Waals surface area contributed by atoms with E-state index in [-0.39, 0.29) is 11.5 Å². The molecule has 0 aliphatic heterocycles. The lowest BCUT2D eigenvalue weighted by Gasteiger charge is -2.23. The molecule has 0 aliphatic carbocycles. The van der Waals surface area contributed by atoms with Crippen molar-refractivity contribution in [3.8, 4) is 0 Å². The normalized spacial score (nSPS) is 12.1. The van der Waals surface area contributed by atoms with Gasteiger partial charge in [0.25, 0.3) is 5.91 Å². The summed E-state index contributed by atoms with van der Waals surface area (Å²) in [7, 11) is 0. The van der Waals surface area contributed by atoms with Gasteiger partial charge in [-0.2, -0.15) is 13.2 Å². The van der Waals surface area contributed by atoms with Gasteiger partial charge >= 0.3 is 6.18 Å². The smallest absolute Gasteiger partial charge is 0.393 e. The molecule has 0 aliphatic rings. The molecule has 3 N–H and O–H groups in total. The molecule has 0 saturated heterocycles. The Bertz CT molecular complexity index is 527. The summed E-state index contributed by atoms with van der Waals surface area (Å²) < 4.78 is 38.4. The average Bonchev–Trinajstić information content (AvgIpc) is 2.35. The third-order valence-corrected chi connectivity index (χ3v) is 3.39. The van der Waals surface area contributed by atoms with Gasteiger partial charge in [0, 0.05) is 12.0 Å². The second-order valence-electron chi connectivity index (χ2n) is 4.97. The van der Waals surface area contributed by atoms with Crippen LogP contribution in [0.1, 0.15) is 29.8 Å². The van der Waals surface area contributed by atoms with Gasteiger partial charge in [0.15, 0.2) is 0 Å². The number of thiocarbonyl (C=S) groups is 1. The van der Waals surface area contributed by atoms with Crippen molar-refractivity contribution in [2.45, 2.75) is 20.0 Å². The zero-order valence-corrected chi connectivity index (χ0v) is 11.9. The largest absolute Gasteiger partial charge is 0.417 e. The third-order valence-electron chi connectivity index (χ3n) is 2.84. The molecule has 1 amide bonds. The highest BCUT2D eigenvalue weighted by Gasteiger charge is 2.35. The minimum absolute atomic E-state index is 0.0629. The molecule has 1 aromatic rings. The van der Waals surface area contributed by atoms with Crippen LogP contribution < -0.4 is 11.1 Å². The van der Waals surface area contributed by atoms with Crippen LogP contribution in [0.2, 0.25) is 0 Å². The van der Waals surface area contributed by atoms with Gasteiger partial charge in [0.05, 0.1) is 16.1 Å². The SMILES string of the molecule is CC(C)(CNC(=O)c1ccccc1C(F)(F)F)C(N)=S. The number of hydrogen-bond donors (Lipinski definition) is 2. The van der Waals surface area contributed by atoms with E-state index in [9.17, 15) is 18.0 Å². The van der Waals surface area contributed by atoms with E-state index in [4.69, 9.17) is 18.0 Å². The van der Waals surface area contributed by atoms with E-state index in [1.54, 1.807) is 13.8 Å². The fraction of sp³-hybridized carbons (Fsp3) is 0.385. The molecule has 0 fully saturated rings. The van der Waals surface area contributed by atoms with Gasteiger partial charge in [-0.05, 0) is 12.1 Å². The second-order valence-corrected chi connectivity index (χ2v) is 5.41. The number of hydrogen-bond acceptors (Lipinski definition) is 2. The van der Waals surface area contributed by atoms with E-state index in [2.05, 4.69) is 5.32 Å². The highest BCUT2D eigenvalue weighted by Crippen LogP contribution is 2.31. The van der Waals surface area contributed by atoms with Crippen LogP contribution in [-0.2, 0) is 6.18 Å². The number of benzene rings is 1. The van der Waals surface area contributed by atoms with Crippen LogP contribution in [0.3, 0.4) is 0 Å². The van der Waals surface area contributed by atoms with Crippen molar-refractivity contribution in [3.05, 3.63) is 35.4 Å². The monoisotopic (exact) mass is 304 g/mol. The number of rotatable bonds is 4. The second kappa shape index (κ2) is 5.78. The predicted molar refractivity (Wildman–Crippen MR) is 74.3 cm³/mol. The third kappa shape index (κ3) is 3.93. The van der Waals surface area contributed by atoms with Crippen molar-refractivity contribution < 1.29 is 18.0 Å². The lowest BCUT2D eigenvalue weighted by atomic mass is 9.93. The highest BCUT2D eigenvalue weighted by molar-refractivity contribution is 7.80. The number of carbonyl (C=O) groups excluding carboxylic acids is 1. The van der Waals surface area contributed by atoms with Crippen molar-refractivity contribution in [1.82, 2.24) is 5.32 Å². The van der Waals surface area contributed by atoms with Crippen LogP contribution in [0.25, 0.3) is 0 Å². The molecule has 0 bridgehead atoms. The van der Waals surface area contributed by atoms with Crippen LogP contribution in [0, 0.1) is 5.41 Å². The Labute approximate surface area is 120 Å². The fourth-order valence-electron chi connectivity index (χ4n) is 1.41. The summed E-state index contributed by atoms with van der Waals surface area (Å²) in [5.41, 5.74) is 3.44. The highest BCUT2D eigenvalue weighted by atomic mass is 32.1. The maximum Gasteiger partial charge on any atom is 0.417 e. The van der Waals surface area contributed by atoms with Crippen LogP contribution >= 0.6 is 12.2 Å². The van der Waals surface area contributed by atoms with E-state index in [1.807, 2.05) is 0 Å². The predicted octanol–water partition coefficient (Wildman–Crippen LogP) is 2.75. The molecule has 0 atom stereocenters. The van der Waals surface area contributed by atoms with Crippen molar-refractivity contribution in [3.63, 3.8) is 0 Å². The molecule has 0 saturated carbocycles. The van der Waals surface area contributed by atoms with Gasteiger partial charge in [-0.3, -0.25) is 4.79 Å². The summed E-state index contributed by atoms with van der Waals surface area (Å²) in [4.78, 5) is 12.1. The van der Waals surface area contributed by atoms with Crippen molar-refractivity contribution in [2.24, 2.45) is 11.1 Å². The number of nitrogens with two attached hydrogens (primary N) is 1. The van der Waals surface area contributed by atoms with E-state index in [0.29, 0.717) is 0 Å². The Kier molecular flexibility index (Phi) is 4.75. The van der Waals surface area contributed by atoms with Gasteiger partial charge in [0.2, 0.25) is 0 Å². The standard InChI is InChI=1S/C13H15F3N2OS/c1-12(2,11(17)20)7-18-10(19)8-5-3-4-6-9(8)13(14,15)16/h3-6H,7H2,1-2H3,(H2,17,20)(H,18,19). The van der Waals surface area contributed by atoms with E-state index in [1.165, 1.54) is 12.1 Å². The lowest BCUT2D eigenvalue weighted by Crippen LogP contribution is -2.41. The molecular formula is C13H15F3N2OS. The first-order valence-corrected chi connectivity index (χ1v) is 6.21. The first-order chi connectivity index (χ1) is 9.05. The Morgan fingerprint density at radius 1 is 1.30 bits per heavy atom. The molecule has 20 heavy (non-hydrogen) atoms. The van der Waals surface area contributed by atoms with E-state index < -0.39 is 28.6 Å². The minimum atomic E-state index is -4.58. The molecule has 110 valence electrons. The molecule has 7 heteroatoms. The lowest BCUT2D eigenvalue weighted by molar-refractivity contribution is -0.137. The number of alkyl halides is 3. The van der Waals surface area contributed by atoms with Gasteiger partial charge in [-0.1, -0.05) is 38.2 Å². The first kappa shape index (κ1) is 16.4. The number of amides is 1. The number of halogens is 3. The molecule has 0 unspecified atom stereocenters. The number of carbonyl (C=O) groups is 1. The average molecular weight is 304 g/mol. The summed E-state index contributed by atoms with van der Waals surface area (Å²) in [6.07, 6.45) is -4.58. The maximum absolute atomic E-state index is 12.8. The van der Waals surface area contributed by atoms with Gasteiger partial charge in [0.1, 0.15) is 0 Å². The quantitative estimate of drug-likeness (QED) is 0.841. The zero-order chi connectivity index (χ0) is 15.6. The topological polar surface area (TPSA) is 55.1 Å². The maximum atomic E-state index is 12.8. The number of nitrogens with one attached hydrogen (secondary N) is 1. The fourth-order valence-corrected chi connectivity index (χ4v) is 1.48. The minimum Gasteiger partial charge on any atom is -0.393 e. The summed E-state index contributed by atoms with van der Waals surface area (Å²) in [5, 5.41) is 2.43. The Morgan fingerprint density at radius 3 is 2.35 bits per heavy atom. The molecule has 3 nitrogen and oxygen atoms in total. The Balaban J connectivity index is 2.92. The molecule has 0 aromatic heterocycles. The van der Waals surface area contributed by atoms with Gasteiger partial charge in [-0.15, -0.1) is 0 Å². The summed E-state index contributed by atoms with van der Waals surface area (Å²) in [6.45, 7) is 3.46. The summed E-state index contributed by atoms with van der Waals surface area (Å²) in [5.74, 6) is -0.803. The van der Waals surface area contributed by atoms with E-state index >= 15 is 0 Å². The zero-order valence-electron chi connectivity index (χ0n) is 11.0. The van der Waals surface area contributed by atoms with Gasteiger partial charge < -0.3 is 11.1 Å². The molecule has 0 spiro atoms. The molecule has 0 heterocycles. The van der Waals surface area contributed by atoms with Crippen LogP contribution in [0.5, 0.6) is 0 Å². The van der Waals surface area contributed by atoms with Crippen molar-refractivity contribution in [2.75, 3.05) is 6.54 Å². The molecular weight excluding hydrogens is 289 g/mol. The van der Waals surface area contributed by atoms with Crippen LogP contribution in [0.4, 0.5) is 13.2 Å². The van der Waals surface area contributed by atoms with Crippen molar-refractivity contribution >= 4 is 23.1 Å². The molecule has 1 rings (SSSR count). The van der Waals surface area contributed by atoms with Gasteiger partial charge in [-0.25, -0.2) is 0 Å². The summed E-state index contributed by atoms with van der Waals surface area (Å²) >= 11 is 4.83. The van der Waals surface area contributed by atoms with Crippen LogP contribution in [0.15, 0.2) is 24.3 Å². The Hall–Kier alpha value is -1.63. The van der Waals surface area contributed by atoms with E-state index in [0.717, 1.165) is 12.1 Å². The Morgan fingerprint density at radius 2 is 1.85 bits per heavy atom. The molecule has 1 aromatic carbocycles. The first-order valence-electron chi connectivity index (χ1n) is 5.80. The summed E-state index contributed by atoms with van der Waals surface area (Å²) in [6, 6.07) is 4.61. The molecule has 0 radical (unpaired) electrons.